The lowest BCUT2D eigenvalue weighted by molar-refractivity contribution is 0.169. The van der Waals surface area contributed by atoms with E-state index in [2.05, 4.69) is 20.5 Å². The van der Waals surface area contributed by atoms with Crippen molar-refractivity contribution in [2.45, 2.75) is 25.8 Å². The highest BCUT2D eigenvalue weighted by atomic mass is 19.1. The van der Waals surface area contributed by atoms with E-state index in [9.17, 15) is 9.18 Å². The van der Waals surface area contributed by atoms with Gasteiger partial charge in [0.25, 0.3) is 0 Å². The van der Waals surface area contributed by atoms with Gasteiger partial charge < -0.3 is 10.2 Å². The van der Waals surface area contributed by atoms with E-state index in [0.717, 1.165) is 55.1 Å². The summed E-state index contributed by atoms with van der Waals surface area (Å²) in [5, 5.41) is 10.3. The molecule has 2 aromatic carbocycles. The summed E-state index contributed by atoms with van der Waals surface area (Å²) in [4.78, 5) is 18.8. The van der Waals surface area contributed by atoms with Crippen LogP contribution in [0.2, 0.25) is 0 Å². The van der Waals surface area contributed by atoms with Crippen molar-refractivity contribution in [1.29, 1.82) is 0 Å². The lowest BCUT2D eigenvalue weighted by Gasteiger charge is -2.31. The molecular formula is C22H24FN5O. The van der Waals surface area contributed by atoms with Crippen molar-refractivity contribution in [2.24, 2.45) is 5.92 Å². The number of hydrogen-bond acceptors (Lipinski definition) is 3. The minimum Gasteiger partial charge on any atom is -0.334 e. The first-order valence-corrected chi connectivity index (χ1v) is 9.91. The van der Waals surface area contributed by atoms with Gasteiger partial charge in [0.1, 0.15) is 11.6 Å². The minimum absolute atomic E-state index is 0.0706. The van der Waals surface area contributed by atoms with Crippen LogP contribution in [-0.2, 0) is 13.0 Å². The third-order valence-corrected chi connectivity index (χ3v) is 5.30. The van der Waals surface area contributed by atoms with Crippen LogP contribution in [0.5, 0.6) is 0 Å². The number of amides is 2. The molecule has 0 spiro atoms. The SMILES string of the molecule is O=C(NCc1ccc(F)cc1)N1CCC(Cc2nc(-c3ccccc3)n[nH]2)CC1. The monoisotopic (exact) mass is 393 g/mol. The van der Waals surface area contributed by atoms with Crippen LogP contribution in [0.1, 0.15) is 24.2 Å². The summed E-state index contributed by atoms with van der Waals surface area (Å²) in [7, 11) is 0. The second-order valence-electron chi connectivity index (χ2n) is 7.39. The van der Waals surface area contributed by atoms with Crippen LogP contribution in [0.4, 0.5) is 9.18 Å². The number of likely N-dealkylation sites (tertiary alicyclic amines) is 1. The first-order valence-electron chi connectivity index (χ1n) is 9.91. The molecule has 1 fully saturated rings. The Labute approximate surface area is 169 Å². The molecule has 29 heavy (non-hydrogen) atoms. The van der Waals surface area contributed by atoms with Gasteiger partial charge in [-0.15, -0.1) is 0 Å². The topological polar surface area (TPSA) is 73.9 Å². The lowest BCUT2D eigenvalue weighted by atomic mass is 9.93. The van der Waals surface area contributed by atoms with Gasteiger partial charge in [-0.25, -0.2) is 14.2 Å². The van der Waals surface area contributed by atoms with Crippen molar-refractivity contribution in [1.82, 2.24) is 25.4 Å². The highest BCUT2D eigenvalue weighted by Gasteiger charge is 2.23. The molecule has 2 N–H and O–H groups in total. The average Bonchev–Trinajstić information content (AvgIpc) is 3.23. The number of aromatic amines is 1. The molecule has 7 heteroatoms. The average molecular weight is 393 g/mol. The summed E-state index contributed by atoms with van der Waals surface area (Å²) in [5.74, 6) is 1.82. The van der Waals surface area contributed by atoms with Gasteiger partial charge in [0, 0.05) is 31.6 Å². The molecule has 0 saturated carbocycles. The predicted octanol–water partition coefficient (Wildman–Crippen LogP) is 3.78. The van der Waals surface area contributed by atoms with E-state index < -0.39 is 0 Å². The molecule has 4 rings (SSSR count). The third kappa shape index (κ3) is 4.99. The van der Waals surface area contributed by atoms with Gasteiger partial charge in [-0.2, -0.15) is 5.10 Å². The summed E-state index contributed by atoms with van der Waals surface area (Å²) in [6, 6.07) is 16.0. The molecule has 0 unspecified atom stereocenters. The molecule has 0 aliphatic carbocycles. The Morgan fingerprint density at radius 2 is 1.83 bits per heavy atom. The molecule has 0 radical (unpaired) electrons. The number of piperidine rings is 1. The normalized spacial score (nSPS) is 14.7. The standard InChI is InChI=1S/C22H24FN5O/c23-19-8-6-17(7-9-19)15-24-22(29)28-12-10-16(11-13-28)14-20-25-21(27-26-20)18-4-2-1-3-5-18/h1-9,16H,10-15H2,(H,24,29)(H,25,26,27). The van der Waals surface area contributed by atoms with Gasteiger partial charge in [-0.05, 0) is 36.5 Å². The molecule has 0 atom stereocenters. The number of urea groups is 1. The first-order chi connectivity index (χ1) is 14.2. The van der Waals surface area contributed by atoms with Crippen LogP contribution < -0.4 is 5.32 Å². The fourth-order valence-electron chi connectivity index (χ4n) is 3.61. The highest BCUT2D eigenvalue weighted by molar-refractivity contribution is 5.74. The van der Waals surface area contributed by atoms with Gasteiger partial charge >= 0.3 is 6.03 Å². The van der Waals surface area contributed by atoms with Crippen LogP contribution in [0.3, 0.4) is 0 Å². The molecule has 2 heterocycles. The molecule has 3 aromatic rings. The van der Waals surface area contributed by atoms with Crippen LogP contribution in [-0.4, -0.2) is 39.2 Å². The van der Waals surface area contributed by atoms with Gasteiger partial charge in [-0.3, -0.25) is 5.10 Å². The quantitative estimate of drug-likeness (QED) is 0.693. The number of H-pyrrole nitrogens is 1. The fourth-order valence-corrected chi connectivity index (χ4v) is 3.61. The maximum atomic E-state index is 13.0. The minimum atomic E-state index is -0.273. The van der Waals surface area contributed by atoms with Crippen LogP contribution in [0.25, 0.3) is 11.4 Å². The number of nitrogens with zero attached hydrogens (tertiary/aromatic N) is 3. The molecule has 2 amide bonds. The van der Waals surface area contributed by atoms with Crippen LogP contribution in [0.15, 0.2) is 54.6 Å². The Kier molecular flexibility index (Phi) is 5.84. The van der Waals surface area contributed by atoms with Crippen LogP contribution >= 0.6 is 0 Å². The number of carbonyl (C=O) groups is 1. The summed E-state index contributed by atoms with van der Waals surface area (Å²) >= 11 is 0. The Hall–Kier alpha value is -3.22. The van der Waals surface area contributed by atoms with E-state index in [4.69, 9.17) is 0 Å². The summed E-state index contributed by atoms with van der Waals surface area (Å²) < 4.78 is 13.0. The molecule has 1 aromatic heterocycles. The number of nitrogens with one attached hydrogen (secondary N) is 2. The van der Waals surface area contributed by atoms with Crippen molar-refractivity contribution in [3.05, 3.63) is 71.8 Å². The van der Waals surface area contributed by atoms with Crippen molar-refractivity contribution < 1.29 is 9.18 Å². The van der Waals surface area contributed by atoms with Gasteiger partial charge in [0.05, 0.1) is 0 Å². The van der Waals surface area contributed by atoms with Crippen molar-refractivity contribution in [3.8, 4) is 11.4 Å². The van der Waals surface area contributed by atoms with Crippen molar-refractivity contribution in [2.75, 3.05) is 13.1 Å². The second kappa shape index (κ2) is 8.86. The van der Waals surface area contributed by atoms with Crippen molar-refractivity contribution >= 4 is 6.03 Å². The maximum absolute atomic E-state index is 13.0. The molecule has 0 bridgehead atoms. The molecular weight excluding hydrogens is 369 g/mol. The van der Waals surface area contributed by atoms with Crippen molar-refractivity contribution in [3.63, 3.8) is 0 Å². The zero-order valence-corrected chi connectivity index (χ0v) is 16.1. The summed E-state index contributed by atoms with van der Waals surface area (Å²) in [6.07, 6.45) is 2.71. The molecule has 1 aliphatic rings. The summed E-state index contributed by atoms with van der Waals surface area (Å²) in [6.45, 7) is 1.85. The van der Waals surface area contributed by atoms with E-state index in [1.54, 1.807) is 12.1 Å². The van der Waals surface area contributed by atoms with Gasteiger partial charge in [0.15, 0.2) is 5.82 Å². The molecule has 1 saturated heterocycles. The van der Waals surface area contributed by atoms with E-state index in [-0.39, 0.29) is 11.8 Å². The molecule has 150 valence electrons. The van der Waals surface area contributed by atoms with Gasteiger partial charge in [-0.1, -0.05) is 42.5 Å². The predicted molar refractivity (Wildman–Crippen MR) is 108 cm³/mol. The van der Waals surface area contributed by atoms with Crippen LogP contribution in [0, 0.1) is 11.7 Å². The third-order valence-electron chi connectivity index (χ3n) is 5.30. The largest absolute Gasteiger partial charge is 0.334 e. The van der Waals surface area contributed by atoms with E-state index in [1.165, 1.54) is 12.1 Å². The van der Waals surface area contributed by atoms with E-state index in [0.29, 0.717) is 12.5 Å². The summed E-state index contributed by atoms with van der Waals surface area (Å²) in [5.41, 5.74) is 1.89. The number of rotatable bonds is 5. The van der Waals surface area contributed by atoms with E-state index in [1.807, 2.05) is 35.2 Å². The Morgan fingerprint density at radius 3 is 2.55 bits per heavy atom. The number of hydrogen-bond donors (Lipinski definition) is 2. The van der Waals surface area contributed by atoms with E-state index >= 15 is 0 Å². The fraction of sp³-hybridized carbons (Fsp3) is 0.318. The lowest BCUT2D eigenvalue weighted by Crippen LogP contribution is -2.44. The Bertz CT molecular complexity index is 933. The second-order valence-corrected chi connectivity index (χ2v) is 7.39. The number of carbonyl (C=O) groups excluding carboxylic acids is 1. The maximum Gasteiger partial charge on any atom is 0.317 e. The van der Waals surface area contributed by atoms with Gasteiger partial charge in [0.2, 0.25) is 0 Å². The Morgan fingerprint density at radius 1 is 1.10 bits per heavy atom. The highest BCUT2D eigenvalue weighted by Crippen LogP contribution is 2.22. The zero-order valence-electron chi connectivity index (χ0n) is 16.1. The number of aromatic nitrogens is 3. The molecule has 1 aliphatic heterocycles. The molecule has 6 nitrogen and oxygen atoms in total. The Balaban J connectivity index is 1.23. The zero-order chi connectivity index (χ0) is 20.1. The number of halogens is 1. The first kappa shape index (κ1) is 19.1. The smallest absolute Gasteiger partial charge is 0.317 e. The number of benzene rings is 2.